The lowest BCUT2D eigenvalue weighted by molar-refractivity contribution is -0.403. The van der Waals surface area contributed by atoms with E-state index in [4.69, 9.17) is 11.6 Å². The molecule has 0 fully saturated rings. The first kappa shape index (κ1) is 21.8. The monoisotopic (exact) mass is 441 g/mol. The van der Waals surface area contributed by atoms with Crippen molar-refractivity contribution < 1.29 is 22.9 Å². The van der Waals surface area contributed by atoms with Crippen molar-refractivity contribution in [1.82, 2.24) is 15.4 Å². The third-order valence-corrected chi connectivity index (χ3v) is 5.15. The lowest BCUT2D eigenvalue weighted by atomic mass is 10.1. The Balaban J connectivity index is 0.00000256. The summed E-state index contributed by atoms with van der Waals surface area (Å²) in [6, 6.07) is 15.4. The van der Waals surface area contributed by atoms with Crippen LogP contribution in [0.4, 0.5) is 0 Å². The number of fused-ring (bicyclic) bond motifs is 2. The van der Waals surface area contributed by atoms with Gasteiger partial charge in [-0.25, -0.2) is 10.4 Å². The van der Waals surface area contributed by atoms with E-state index in [0.717, 1.165) is 32.9 Å². The smallest absolute Gasteiger partial charge is 0.298 e. The van der Waals surface area contributed by atoms with Gasteiger partial charge in [-0.15, -0.1) is 0 Å². The van der Waals surface area contributed by atoms with Crippen molar-refractivity contribution in [1.29, 1.82) is 0 Å². The molecule has 0 unspecified atom stereocenters. The number of pyridine rings is 1. The number of nitrogens with zero attached hydrogens (tertiary/aromatic N) is 2. The van der Waals surface area contributed by atoms with E-state index < -0.39 is 6.04 Å². The maximum Gasteiger partial charge on any atom is 0.298 e. The van der Waals surface area contributed by atoms with Crippen LogP contribution in [0.2, 0.25) is 5.15 Å². The van der Waals surface area contributed by atoms with Gasteiger partial charge in [0.05, 0.1) is 11.7 Å². The molecule has 5 N–H and O–H groups in total. The zero-order chi connectivity index (χ0) is 20.4. The summed E-state index contributed by atoms with van der Waals surface area (Å²) in [5.41, 5.74) is 11.2. The molecule has 0 aliphatic carbocycles. The quantitative estimate of drug-likeness (QED) is 0.230. The van der Waals surface area contributed by atoms with Crippen molar-refractivity contribution in [2.24, 2.45) is 5.10 Å². The average molecular weight is 442 g/mol. The maximum atomic E-state index is 12.4. The molecule has 154 valence electrons. The second kappa shape index (κ2) is 9.26. The van der Waals surface area contributed by atoms with Crippen molar-refractivity contribution in [3.05, 3.63) is 76.6 Å². The number of aryl methyl sites for hydroxylation is 1. The van der Waals surface area contributed by atoms with Gasteiger partial charge in [-0.3, -0.25) is 4.79 Å². The van der Waals surface area contributed by atoms with Gasteiger partial charge in [-0.2, -0.15) is 5.10 Å². The maximum absolute atomic E-state index is 12.4. The highest BCUT2D eigenvalue weighted by atomic mass is 35.5. The van der Waals surface area contributed by atoms with Crippen LogP contribution in [-0.2, 0) is 11.2 Å². The Morgan fingerprint density at radius 1 is 1.30 bits per heavy atom. The van der Waals surface area contributed by atoms with Crippen molar-refractivity contribution in [2.45, 2.75) is 19.4 Å². The molecule has 6 nitrogen and oxygen atoms in total. The number of benzene rings is 2. The highest BCUT2D eigenvalue weighted by Gasteiger charge is 2.19. The lowest BCUT2D eigenvalue weighted by Crippen LogP contribution is -3.00. The van der Waals surface area contributed by atoms with E-state index in [-0.39, 0.29) is 18.3 Å². The minimum absolute atomic E-state index is 0. The van der Waals surface area contributed by atoms with Gasteiger partial charge in [0.15, 0.2) is 6.04 Å². The Bertz CT molecular complexity index is 1230. The van der Waals surface area contributed by atoms with Crippen LogP contribution in [0.15, 0.2) is 59.8 Å². The van der Waals surface area contributed by atoms with Gasteiger partial charge in [-0.05, 0) is 36.2 Å². The Hall–Kier alpha value is -2.93. The van der Waals surface area contributed by atoms with Crippen LogP contribution in [0.1, 0.15) is 16.7 Å². The Kier molecular flexibility index (Phi) is 6.72. The van der Waals surface area contributed by atoms with E-state index >= 15 is 0 Å². The summed E-state index contributed by atoms with van der Waals surface area (Å²) in [7, 11) is 0. The first-order chi connectivity index (χ1) is 14.0. The molecule has 4 aromatic rings. The zero-order valence-electron chi connectivity index (χ0n) is 16.3. The Morgan fingerprint density at radius 2 is 2.10 bits per heavy atom. The fourth-order valence-corrected chi connectivity index (χ4v) is 3.47. The molecule has 2 heterocycles. The van der Waals surface area contributed by atoms with Crippen molar-refractivity contribution in [2.75, 3.05) is 0 Å². The zero-order valence-corrected chi connectivity index (χ0v) is 17.8. The number of rotatable bonds is 5. The molecule has 0 aliphatic rings. The topological polar surface area (TPSA) is 97.8 Å². The summed E-state index contributed by atoms with van der Waals surface area (Å²) in [5, 5.41) is 6.44. The number of aromatic amines is 1. The third kappa shape index (κ3) is 4.62. The number of hydrazone groups is 1. The number of hydrogen-bond donors (Lipinski definition) is 3. The molecule has 2 aromatic carbocycles. The summed E-state index contributed by atoms with van der Waals surface area (Å²) in [6.07, 6.45) is 3.94. The molecule has 0 radical (unpaired) electrons. The first-order valence-electron chi connectivity index (χ1n) is 9.29. The summed E-state index contributed by atoms with van der Waals surface area (Å²) in [5.74, 6) is -0.257. The summed E-state index contributed by atoms with van der Waals surface area (Å²) in [6.45, 7) is 2.01. The van der Waals surface area contributed by atoms with Crippen LogP contribution in [0.3, 0.4) is 0 Å². The summed E-state index contributed by atoms with van der Waals surface area (Å²) < 4.78 is 0. The molecule has 1 atom stereocenters. The summed E-state index contributed by atoms with van der Waals surface area (Å²) in [4.78, 5) is 20.0. The van der Waals surface area contributed by atoms with Crippen molar-refractivity contribution in [3.8, 4) is 0 Å². The number of aromatic nitrogens is 2. The highest BCUT2D eigenvalue weighted by Crippen LogP contribution is 2.20. The largest absolute Gasteiger partial charge is 1.00 e. The van der Waals surface area contributed by atoms with Crippen LogP contribution in [0.5, 0.6) is 0 Å². The first-order valence-corrected chi connectivity index (χ1v) is 9.67. The standard InChI is InChI=1S/C22H20ClN5O.ClH/c1-13-6-7-14-9-16(21(23)27-20(14)8-13)12-26-28-22(29)18(24)10-15-11-25-19-5-3-2-4-17(15)19;/h2-9,11-12,18,25H,10,24H2,1H3,(H,28,29);1H/t18-;/m0./s1. The number of para-hydroxylation sites is 1. The van der Waals surface area contributed by atoms with Crippen LogP contribution < -0.4 is 23.6 Å². The van der Waals surface area contributed by atoms with Gasteiger partial charge in [0.1, 0.15) is 5.15 Å². The van der Waals surface area contributed by atoms with E-state index in [1.54, 1.807) is 0 Å². The molecule has 0 aliphatic heterocycles. The third-order valence-electron chi connectivity index (χ3n) is 4.84. The minimum atomic E-state index is -0.473. The highest BCUT2D eigenvalue weighted by molar-refractivity contribution is 6.32. The van der Waals surface area contributed by atoms with Gasteiger partial charge in [0.2, 0.25) is 0 Å². The van der Waals surface area contributed by atoms with Crippen LogP contribution in [0.25, 0.3) is 21.8 Å². The van der Waals surface area contributed by atoms with Gasteiger partial charge >= 0.3 is 0 Å². The fraction of sp³-hybridized carbons (Fsp3) is 0.136. The molecule has 0 saturated carbocycles. The molecule has 0 bridgehead atoms. The lowest BCUT2D eigenvalue weighted by Gasteiger charge is -2.06. The van der Waals surface area contributed by atoms with E-state index in [0.29, 0.717) is 17.1 Å². The molecular weight excluding hydrogens is 421 g/mol. The minimum Gasteiger partial charge on any atom is -1.00 e. The fourth-order valence-electron chi connectivity index (χ4n) is 3.28. The van der Waals surface area contributed by atoms with Crippen molar-refractivity contribution >= 4 is 45.5 Å². The van der Waals surface area contributed by atoms with Crippen molar-refractivity contribution in [3.63, 3.8) is 0 Å². The molecule has 30 heavy (non-hydrogen) atoms. The number of amides is 1. The average Bonchev–Trinajstić information content (AvgIpc) is 3.11. The molecule has 4 rings (SSSR count). The number of quaternary nitrogens is 1. The van der Waals surface area contributed by atoms with Crippen LogP contribution in [0, 0.1) is 6.92 Å². The molecule has 8 heteroatoms. The SMILES string of the molecule is Cc1ccc2cc(C=NNC(=O)[C@@H]([NH3+])Cc3c[nH]c4ccccc34)c(Cl)nc2c1.[Cl-]. The van der Waals surface area contributed by atoms with Gasteiger partial charge in [-0.1, -0.05) is 41.9 Å². The number of halogens is 2. The molecular formula is C22H21Cl2N5O. The summed E-state index contributed by atoms with van der Waals surface area (Å²) >= 11 is 6.25. The van der Waals surface area contributed by atoms with E-state index in [1.807, 2.05) is 61.7 Å². The van der Waals surface area contributed by atoms with E-state index in [9.17, 15) is 4.79 Å². The molecule has 0 spiro atoms. The Morgan fingerprint density at radius 3 is 2.93 bits per heavy atom. The number of H-pyrrole nitrogens is 1. The second-order valence-corrected chi connectivity index (χ2v) is 7.42. The molecule has 2 aromatic heterocycles. The van der Waals surface area contributed by atoms with E-state index in [2.05, 4.69) is 26.2 Å². The predicted molar refractivity (Wildman–Crippen MR) is 116 cm³/mol. The number of hydrogen-bond acceptors (Lipinski definition) is 3. The van der Waals surface area contributed by atoms with Crippen LogP contribution >= 0.6 is 11.6 Å². The second-order valence-electron chi connectivity index (χ2n) is 7.06. The number of carbonyl (C=O) groups is 1. The predicted octanol–water partition coefficient (Wildman–Crippen LogP) is -0.0148. The number of carbonyl (C=O) groups excluding carboxylic acids is 1. The van der Waals surface area contributed by atoms with Gasteiger partial charge in [0.25, 0.3) is 5.91 Å². The molecule has 0 saturated heterocycles. The normalized spacial score (nSPS) is 12.2. The van der Waals surface area contributed by atoms with Gasteiger partial charge in [0, 0.05) is 34.5 Å². The number of nitrogens with one attached hydrogen (secondary N) is 2. The van der Waals surface area contributed by atoms with E-state index in [1.165, 1.54) is 6.21 Å². The van der Waals surface area contributed by atoms with Gasteiger partial charge < -0.3 is 23.1 Å². The van der Waals surface area contributed by atoms with Crippen LogP contribution in [-0.4, -0.2) is 28.1 Å². The molecule has 1 amide bonds. The Labute approximate surface area is 184 Å².